The summed E-state index contributed by atoms with van der Waals surface area (Å²) in [6, 6.07) is 17.1. The summed E-state index contributed by atoms with van der Waals surface area (Å²) < 4.78 is 0. The van der Waals surface area contributed by atoms with Crippen LogP contribution in [-0.2, 0) is 0 Å². The summed E-state index contributed by atoms with van der Waals surface area (Å²) in [6.07, 6.45) is 4.13. The van der Waals surface area contributed by atoms with Crippen LogP contribution in [0.4, 0.5) is 0 Å². The van der Waals surface area contributed by atoms with Crippen LogP contribution in [0.2, 0.25) is 0 Å². The normalized spacial score (nSPS) is 18.3. The van der Waals surface area contributed by atoms with Crippen molar-refractivity contribution in [1.82, 2.24) is 9.88 Å². The lowest BCUT2D eigenvalue weighted by Gasteiger charge is -2.24. The first kappa shape index (κ1) is 15.2. The molecule has 1 unspecified atom stereocenters. The molecule has 1 N–H and O–H groups in total. The van der Waals surface area contributed by atoms with Crippen LogP contribution in [0.1, 0.15) is 40.4 Å². The first-order chi connectivity index (χ1) is 11.7. The van der Waals surface area contributed by atoms with Crippen molar-refractivity contribution in [2.75, 3.05) is 13.1 Å². The van der Waals surface area contributed by atoms with Crippen LogP contribution in [0.5, 0.6) is 0 Å². The molecule has 24 heavy (non-hydrogen) atoms. The van der Waals surface area contributed by atoms with Gasteiger partial charge < -0.3 is 4.98 Å². The predicted octanol–water partition coefficient (Wildman–Crippen LogP) is 4.50. The molecule has 1 saturated heterocycles. The monoisotopic (exact) mass is 318 g/mol. The summed E-state index contributed by atoms with van der Waals surface area (Å²) in [4.78, 5) is 18.4. The molecule has 3 heteroatoms. The van der Waals surface area contributed by atoms with Gasteiger partial charge in [0.15, 0.2) is 5.78 Å². The van der Waals surface area contributed by atoms with Crippen molar-refractivity contribution in [3.8, 4) is 0 Å². The summed E-state index contributed by atoms with van der Waals surface area (Å²) in [5.74, 6) is 0.200. The van der Waals surface area contributed by atoms with Gasteiger partial charge in [-0.2, -0.15) is 0 Å². The zero-order valence-electron chi connectivity index (χ0n) is 14.0. The van der Waals surface area contributed by atoms with Gasteiger partial charge in [-0.3, -0.25) is 9.69 Å². The second-order valence-electron chi connectivity index (χ2n) is 6.71. The fraction of sp³-hybridized carbons (Fsp3) is 0.286. The minimum absolute atomic E-state index is 0.200. The van der Waals surface area contributed by atoms with E-state index in [4.69, 9.17) is 0 Å². The summed E-state index contributed by atoms with van der Waals surface area (Å²) in [5, 5.41) is 1.02. The van der Waals surface area contributed by atoms with E-state index in [2.05, 4.69) is 41.1 Å². The standard InChI is InChI=1S/C21H22N2O/c1-15-8-10-16(11-9-15)20-7-4-12-23(20)14-21(24)18-13-22-19-6-3-2-5-17(18)19/h2-3,5-6,8-11,13,20,22H,4,7,12,14H2,1H3. The summed E-state index contributed by atoms with van der Waals surface area (Å²) in [6.45, 7) is 3.59. The number of carbonyl (C=O) groups is 1. The Balaban J connectivity index is 1.55. The third kappa shape index (κ3) is 2.76. The van der Waals surface area contributed by atoms with Crippen LogP contribution < -0.4 is 0 Å². The number of hydrogen-bond acceptors (Lipinski definition) is 2. The number of Topliss-reactive ketones (excluding diaryl/α,β-unsaturated/α-hetero) is 1. The first-order valence-corrected chi connectivity index (χ1v) is 8.62. The highest BCUT2D eigenvalue weighted by Gasteiger charge is 2.28. The van der Waals surface area contributed by atoms with Crippen molar-refractivity contribution in [2.45, 2.75) is 25.8 Å². The van der Waals surface area contributed by atoms with Gasteiger partial charge in [-0.05, 0) is 37.9 Å². The fourth-order valence-corrected chi connectivity index (χ4v) is 3.75. The van der Waals surface area contributed by atoms with Crippen molar-refractivity contribution in [3.63, 3.8) is 0 Å². The van der Waals surface area contributed by atoms with E-state index in [0.29, 0.717) is 12.6 Å². The van der Waals surface area contributed by atoms with Crippen LogP contribution in [0, 0.1) is 6.92 Å². The molecule has 1 aliphatic heterocycles. The topological polar surface area (TPSA) is 36.1 Å². The van der Waals surface area contributed by atoms with Gasteiger partial charge in [0.1, 0.15) is 0 Å². The Kier molecular flexibility index (Phi) is 3.95. The van der Waals surface area contributed by atoms with E-state index in [9.17, 15) is 4.79 Å². The molecule has 3 nitrogen and oxygen atoms in total. The summed E-state index contributed by atoms with van der Waals surface area (Å²) >= 11 is 0. The van der Waals surface area contributed by atoms with E-state index < -0.39 is 0 Å². The van der Waals surface area contributed by atoms with Crippen molar-refractivity contribution in [2.24, 2.45) is 0 Å². The second kappa shape index (κ2) is 6.25. The molecule has 1 aliphatic rings. The lowest BCUT2D eigenvalue weighted by Crippen LogP contribution is -2.29. The highest BCUT2D eigenvalue weighted by Crippen LogP contribution is 2.32. The quantitative estimate of drug-likeness (QED) is 0.719. The highest BCUT2D eigenvalue weighted by molar-refractivity contribution is 6.08. The molecular weight excluding hydrogens is 296 g/mol. The molecule has 1 aromatic heterocycles. The first-order valence-electron chi connectivity index (χ1n) is 8.62. The molecular formula is C21H22N2O. The average molecular weight is 318 g/mol. The number of nitrogens with zero attached hydrogens (tertiary/aromatic N) is 1. The lowest BCUT2D eigenvalue weighted by atomic mass is 10.0. The van der Waals surface area contributed by atoms with E-state index in [1.807, 2.05) is 30.5 Å². The number of para-hydroxylation sites is 1. The van der Waals surface area contributed by atoms with Crippen LogP contribution in [-0.4, -0.2) is 28.8 Å². The molecule has 0 amide bonds. The van der Waals surface area contributed by atoms with E-state index in [1.54, 1.807) is 0 Å². The minimum Gasteiger partial charge on any atom is -0.360 e. The number of benzene rings is 2. The van der Waals surface area contributed by atoms with Gasteiger partial charge in [0, 0.05) is 28.7 Å². The maximum Gasteiger partial charge on any atom is 0.178 e. The molecule has 0 bridgehead atoms. The smallest absolute Gasteiger partial charge is 0.178 e. The van der Waals surface area contributed by atoms with Gasteiger partial charge in [0.05, 0.1) is 6.54 Å². The molecule has 3 aromatic rings. The van der Waals surface area contributed by atoms with Gasteiger partial charge in [-0.25, -0.2) is 0 Å². The number of aromatic nitrogens is 1. The van der Waals surface area contributed by atoms with Crippen LogP contribution >= 0.6 is 0 Å². The average Bonchev–Trinajstić information content (AvgIpc) is 3.22. The maximum absolute atomic E-state index is 12.8. The molecule has 0 spiro atoms. The Labute approximate surface area is 142 Å². The number of nitrogens with one attached hydrogen (secondary N) is 1. The SMILES string of the molecule is Cc1ccc(C2CCCN2CC(=O)c2c[nH]c3ccccc23)cc1. The van der Waals surface area contributed by atoms with Gasteiger partial charge in [-0.15, -0.1) is 0 Å². The summed E-state index contributed by atoms with van der Waals surface area (Å²) in [7, 11) is 0. The van der Waals surface area contributed by atoms with Crippen molar-refractivity contribution in [1.29, 1.82) is 0 Å². The Morgan fingerprint density at radius 1 is 1.17 bits per heavy atom. The molecule has 0 radical (unpaired) electrons. The molecule has 0 saturated carbocycles. The lowest BCUT2D eigenvalue weighted by molar-refractivity contribution is 0.0923. The van der Waals surface area contributed by atoms with Gasteiger partial charge >= 0.3 is 0 Å². The van der Waals surface area contributed by atoms with Gasteiger partial charge in [0.25, 0.3) is 0 Å². The molecule has 4 rings (SSSR count). The zero-order chi connectivity index (χ0) is 16.5. The van der Waals surface area contributed by atoms with E-state index in [1.165, 1.54) is 11.1 Å². The number of fused-ring (bicyclic) bond motifs is 1. The third-order valence-corrected chi connectivity index (χ3v) is 5.06. The largest absolute Gasteiger partial charge is 0.360 e. The van der Waals surface area contributed by atoms with Gasteiger partial charge in [-0.1, -0.05) is 48.0 Å². The number of rotatable bonds is 4. The number of carbonyl (C=O) groups excluding carboxylic acids is 1. The van der Waals surface area contributed by atoms with Crippen molar-refractivity contribution in [3.05, 3.63) is 71.4 Å². The Hall–Kier alpha value is -2.39. The number of aromatic amines is 1. The highest BCUT2D eigenvalue weighted by atomic mass is 16.1. The van der Waals surface area contributed by atoms with E-state index in [-0.39, 0.29) is 5.78 Å². The van der Waals surface area contributed by atoms with Crippen molar-refractivity contribution < 1.29 is 4.79 Å². The minimum atomic E-state index is 0.200. The number of hydrogen-bond donors (Lipinski definition) is 1. The molecule has 1 atom stereocenters. The number of likely N-dealkylation sites (tertiary alicyclic amines) is 1. The molecule has 2 aromatic carbocycles. The molecule has 122 valence electrons. The Morgan fingerprint density at radius 2 is 1.96 bits per heavy atom. The third-order valence-electron chi connectivity index (χ3n) is 5.06. The van der Waals surface area contributed by atoms with Gasteiger partial charge in [0.2, 0.25) is 0 Å². The second-order valence-corrected chi connectivity index (χ2v) is 6.71. The number of H-pyrrole nitrogens is 1. The molecule has 2 heterocycles. The van der Waals surface area contributed by atoms with E-state index in [0.717, 1.165) is 35.9 Å². The summed E-state index contributed by atoms with van der Waals surface area (Å²) in [5.41, 5.74) is 4.43. The number of aryl methyl sites for hydroxylation is 1. The zero-order valence-corrected chi connectivity index (χ0v) is 14.0. The van der Waals surface area contributed by atoms with Crippen LogP contribution in [0.15, 0.2) is 54.7 Å². The molecule has 1 fully saturated rings. The predicted molar refractivity (Wildman–Crippen MR) is 97.4 cm³/mol. The van der Waals surface area contributed by atoms with Crippen LogP contribution in [0.25, 0.3) is 10.9 Å². The maximum atomic E-state index is 12.8. The van der Waals surface area contributed by atoms with E-state index >= 15 is 0 Å². The van der Waals surface area contributed by atoms with Crippen molar-refractivity contribution >= 4 is 16.7 Å². The molecule has 0 aliphatic carbocycles. The fourth-order valence-electron chi connectivity index (χ4n) is 3.75. The number of ketones is 1. The Bertz CT molecular complexity index is 863. The van der Waals surface area contributed by atoms with Crippen LogP contribution in [0.3, 0.4) is 0 Å². The Morgan fingerprint density at radius 3 is 2.79 bits per heavy atom.